The number of nitrogens with one attached hydrogen (secondary N) is 1. The number of aromatic amines is 1. The predicted octanol–water partition coefficient (Wildman–Crippen LogP) is 4.42. The minimum Gasteiger partial charge on any atom is -0.485 e. The van der Waals surface area contributed by atoms with Crippen LogP contribution in [0.1, 0.15) is 25.1 Å². The standard InChI is InChI=1S/C23H23ClN4O3/c1-15-18(24)10-7-11-19(15)31-23(2,3)14-30-13-17-12-20(29)28-22(25-17)26-21(27-28)16-8-5-4-6-9-16/h4-12H,13-14H2,1-3H3,(H,25,26,27). The van der Waals surface area contributed by atoms with Gasteiger partial charge in [0.05, 0.1) is 18.9 Å². The van der Waals surface area contributed by atoms with E-state index in [1.807, 2.05) is 69.3 Å². The lowest BCUT2D eigenvalue weighted by atomic mass is 10.1. The summed E-state index contributed by atoms with van der Waals surface area (Å²) in [5, 5.41) is 3.64. The van der Waals surface area contributed by atoms with E-state index in [2.05, 4.69) is 15.1 Å². The van der Waals surface area contributed by atoms with Gasteiger partial charge in [-0.05, 0) is 32.9 Å². The van der Waals surface area contributed by atoms with Gasteiger partial charge >= 0.3 is 0 Å². The van der Waals surface area contributed by atoms with Crippen LogP contribution in [0.3, 0.4) is 0 Å². The minimum atomic E-state index is -0.596. The Morgan fingerprint density at radius 3 is 2.65 bits per heavy atom. The van der Waals surface area contributed by atoms with Crippen molar-refractivity contribution in [3.8, 4) is 17.1 Å². The van der Waals surface area contributed by atoms with Crippen molar-refractivity contribution in [2.24, 2.45) is 0 Å². The van der Waals surface area contributed by atoms with E-state index in [0.717, 1.165) is 11.1 Å². The molecule has 0 aliphatic carbocycles. The number of rotatable bonds is 7. The summed E-state index contributed by atoms with van der Waals surface area (Å²) in [6.45, 7) is 6.24. The molecule has 7 nitrogen and oxygen atoms in total. The number of ether oxygens (including phenoxy) is 2. The molecule has 0 radical (unpaired) electrons. The molecular formula is C23H23ClN4O3. The van der Waals surface area contributed by atoms with E-state index in [9.17, 15) is 4.79 Å². The van der Waals surface area contributed by atoms with Gasteiger partial charge in [-0.2, -0.15) is 9.50 Å². The van der Waals surface area contributed by atoms with E-state index in [1.165, 1.54) is 10.6 Å². The van der Waals surface area contributed by atoms with Crippen LogP contribution < -0.4 is 10.3 Å². The molecule has 2 aromatic carbocycles. The highest BCUT2D eigenvalue weighted by atomic mass is 35.5. The molecule has 0 amide bonds. The molecule has 0 unspecified atom stereocenters. The first-order chi connectivity index (χ1) is 14.8. The van der Waals surface area contributed by atoms with Gasteiger partial charge in [-0.25, -0.2) is 4.98 Å². The summed E-state index contributed by atoms with van der Waals surface area (Å²) in [5.41, 5.74) is 1.42. The largest absolute Gasteiger partial charge is 0.485 e. The number of halogens is 1. The lowest BCUT2D eigenvalue weighted by Crippen LogP contribution is -2.34. The van der Waals surface area contributed by atoms with Gasteiger partial charge in [0.15, 0.2) is 5.82 Å². The Bertz CT molecular complexity index is 1270. The van der Waals surface area contributed by atoms with Crippen molar-refractivity contribution in [1.29, 1.82) is 0 Å². The Labute approximate surface area is 184 Å². The van der Waals surface area contributed by atoms with Crippen molar-refractivity contribution in [2.45, 2.75) is 33.0 Å². The van der Waals surface area contributed by atoms with Gasteiger partial charge in [0, 0.05) is 22.2 Å². The molecule has 160 valence electrons. The normalized spacial score (nSPS) is 11.7. The van der Waals surface area contributed by atoms with E-state index in [0.29, 0.717) is 34.7 Å². The molecule has 0 saturated carbocycles. The van der Waals surface area contributed by atoms with Gasteiger partial charge in [-0.15, -0.1) is 0 Å². The molecule has 0 atom stereocenters. The maximum Gasteiger partial charge on any atom is 0.274 e. The monoisotopic (exact) mass is 438 g/mol. The zero-order valence-electron chi connectivity index (χ0n) is 17.6. The van der Waals surface area contributed by atoms with E-state index in [4.69, 9.17) is 21.1 Å². The van der Waals surface area contributed by atoms with E-state index in [-0.39, 0.29) is 12.2 Å². The fourth-order valence-corrected chi connectivity index (χ4v) is 3.32. The van der Waals surface area contributed by atoms with Crippen LogP contribution in [0.15, 0.2) is 59.4 Å². The molecule has 0 bridgehead atoms. The minimum absolute atomic E-state index is 0.167. The summed E-state index contributed by atoms with van der Waals surface area (Å²) in [7, 11) is 0. The first-order valence-electron chi connectivity index (χ1n) is 9.88. The molecule has 0 spiro atoms. The van der Waals surface area contributed by atoms with Crippen LogP contribution in [-0.2, 0) is 11.3 Å². The van der Waals surface area contributed by atoms with Gasteiger partial charge in [0.1, 0.15) is 11.4 Å². The Balaban J connectivity index is 1.45. The fraction of sp³-hybridized carbons (Fsp3) is 0.261. The van der Waals surface area contributed by atoms with E-state index < -0.39 is 5.60 Å². The first-order valence-corrected chi connectivity index (χ1v) is 10.3. The number of benzene rings is 2. The molecule has 31 heavy (non-hydrogen) atoms. The van der Waals surface area contributed by atoms with Crippen molar-refractivity contribution in [3.63, 3.8) is 0 Å². The smallest absolute Gasteiger partial charge is 0.274 e. The van der Waals surface area contributed by atoms with Crippen molar-refractivity contribution in [3.05, 3.63) is 81.2 Å². The zero-order valence-corrected chi connectivity index (χ0v) is 18.3. The number of hydrogen-bond acceptors (Lipinski definition) is 5. The molecule has 8 heteroatoms. The lowest BCUT2D eigenvalue weighted by Gasteiger charge is -2.27. The average molecular weight is 439 g/mol. The van der Waals surface area contributed by atoms with E-state index >= 15 is 0 Å². The van der Waals surface area contributed by atoms with Crippen molar-refractivity contribution >= 4 is 17.4 Å². The van der Waals surface area contributed by atoms with E-state index in [1.54, 1.807) is 0 Å². The van der Waals surface area contributed by atoms with Gasteiger partial charge < -0.3 is 9.47 Å². The summed E-state index contributed by atoms with van der Waals surface area (Å²) in [4.78, 5) is 21.4. The maximum atomic E-state index is 12.5. The lowest BCUT2D eigenvalue weighted by molar-refractivity contribution is -0.0113. The topological polar surface area (TPSA) is 81.5 Å². The van der Waals surface area contributed by atoms with Gasteiger partial charge in [0.25, 0.3) is 11.3 Å². The number of H-pyrrole nitrogens is 1. The molecule has 0 aliphatic rings. The first kappa shape index (κ1) is 21.1. The number of aromatic nitrogens is 4. The average Bonchev–Trinajstić information content (AvgIpc) is 3.17. The second-order valence-corrected chi connectivity index (χ2v) is 8.28. The Kier molecular flexibility index (Phi) is 5.80. The summed E-state index contributed by atoms with van der Waals surface area (Å²) < 4.78 is 13.2. The van der Waals surface area contributed by atoms with Crippen LogP contribution in [0, 0.1) is 6.92 Å². The molecule has 0 saturated heterocycles. The van der Waals surface area contributed by atoms with Crippen LogP contribution in [0.5, 0.6) is 5.75 Å². The molecule has 2 heterocycles. The highest BCUT2D eigenvalue weighted by Gasteiger charge is 2.22. The summed E-state index contributed by atoms with van der Waals surface area (Å²) >= 11 is 6.17. The second-order valence-electron chi connectivity index (χ2n) is 7.88. The summed E-state index contributed by atoms with van der Waals surface area (Å²) in [6.07, 6.45) is 0. The number of fused-ring (bicyclic) bond motifs is 1. The van der Waals surface area contributed by atoms with Crippen LogP contribution >= 0.6 is 11.6 Å². The highest BCUT2D eigenvalue weighted by Crippen LogP contribution is 2.28. The third kappa shape index (κ3) is 4.78. The van der Waals surface area contributed by atoms with Gasteiger partial charge in [0.2, 0.25) is 0 Å². The molecular weight excluding hydrogens is 416 g/mol. The van der Waals surface area contributed by atoms with Gasteiger partial charge in [-0.3, -0.25) is 9.89 Å². The summed E-state index contributed by atoms with van der Waals surface area (Å²) in [6, 6.07) is 16.6. The second kappa shape index (κ2) is 8.53. The van der Waals surface area contributed by atoms with Gasteiger partial charge in [-0.1, -0.05) is 48.0 Å². The van der Waals surface area contributed by atoms with Crippen molar-refractivity contribution < 1.29 is 9.47 Å². The molecule has 0 aliphatic heterocycles. The molecule has 1 N–H and O–H groups in total. The SMILES string of the molecule is Cc1c(Cl)cccc1OC(C)(C)COCc1cc(=O)n2[nH]c(-c3ccccc3)nc2n1. The van der Waals surface area contributed by atoms with Crippen LogP contribution in [0.25, 0.3) is 17.2 Å². The third-order valence-corrected chi connectivity index (χ3v) is 5.14. The molecule has 4 aromatic rings. The quantitative estimate of drug-likeness (QED) is 0.462. The van der Waals surface area contributed by atoms with Crippen LogP contribution in [0.4, 0.5) is 0 Å². The van der Waals surface area contributed by atoms with Crippen molar-refractivity contribution in [1.82, 2.24) is 19.6 Å². The van der Waals surface area contributed by atoms with Crippen LogP contribution in [-0.4, -0.2) is 31.8 Å². The van der Waals surface area contributed by atoms with Crippen LogP contribution in [0.2, 0.25) is 5.02 Å². The Morgan fingerprint density at radius 1 is 1.10 bits per heavy atom. The number of nitrogens with zero attached hydrogens (tertiary/aromatic N) is 3. The molecule has 2 aromatic heterocycles. The number of hydrogen-bond donors (Lipinski definition) is 1. The molecule has 0 fully saturated rings. The highest BCUT2D eigenvalue weighted by molar-refractivity contribution is 6.31. The predicted molar refractivity (Wildman–Crippen MR) is 120 cm³/mol. The Morgan fingerprint density at radius 2 is 1.87 bits per heavy atom. The molecule has 4 rings (SSSR count). The fourth-order valence-electron chi connectivity index (χ4n) is 3.15. The third-order valence-electron chi connectivity index (χ3n) is 4.73. The summed E-state index contributed by atoms with van der Waals surface area (Å²) in [5.74, 6) is 1.59. The maximum absolute atomic E-state index is 12.5. The Hall–Kier alpha value is -3.16. The zero-order chi connectivity index (χ0) is 22.0. The van der Waals surface area contributed by atoms with Crippen molar-refractivity contribution in [2.75, 3.05) is 6.61 Å².